The van der Waals surface area contributed by atoms with Gasteiger partial charge in [-0.05, 0) is 101 Å². The number of esters is 1. The molecule has 5 aliphatic carbocycles. The van der Waals surface area contributed by atoms with Gasteiger partial charge in [-0.3, -0.25) is 9.35 Å². The molecule has 0 aliphatic heterocycles. The molecule has 1 N–H and O–H groups in total. The van der Waals surface area contributed by atoms with Gasteiger partial charge in [0, 0.05) is 16.7 Å². The van der Waals surface area contributed by atoms with Gasteiger partial charge in [0.05, 0.1) is 12.5 Å². The summed E-state index contributed by atoms with van der Waals surface area (Å²) in [7, 11) is -4.34. The lowest BCUT2D eigenvalue weighted by atomic mass is 9.43. The molecule has 4 aromatic rings. The summed E-state index contributed by atoms with van der Waals surface area (Å²) in [5.41, 5.74) is 6.02. The van der Waals surface area contributed by atoms with Gasteiger partial charge in [0.25, 0.3) is 10.1 Å². The van der Waals surface area contributed by atoms with E-state index in [0.29, 0.717) is 23.8 Å². The van der Waals surface area contributed by atoms with Crippen molar-refractivity contribution in [3.8, 4) is 0 Å². The number of fused-ring (bicyclic) bond motifs is 3. The van der Waals surface area contributed by atoms with E-state index in [4.69, 9.17) is 4.74 Å². The largest absolute Gasteiger partial charge is 0.465 e. The van der Waals surface area contributed by atoms with Crippen molar-refractivity contribution in [3.63, 3.8) is 0 Å². The van der Waals surface area contributed by atoms with E-state index < -0.39 is 10.1 Å². The molecular formula is C38H38O5S. The summed E-state index contributed by atoms with van der Waals surface area (Å²) >= 11 is 0. The second-order valence-corrected chi connectivity index (χ2v) is 15.7. The van der Waals surface area contributed by atoms with Crippen LogP contribution in [0.5, 0.6) is 0 Å². The van der Waals surface area contributed by atoms with Crippen molar-refractivity contribution in [1.29, 1.82) is 0 Å². The van der Waals surface area contributed by atoms with E-state index in [1.807, 2.05) is 31.2 Å². The molecule has 6 heteroatoms. The fraction of sp³-hybridized carbons (Fsp3) is 0.395. The summed E-state index contributed by atoms with van der Waals surface area (Å²) in [5.74, 6) is 0.652. The molecule has 4 saturated carbocycles. The molecule has 44 heavy (non-hydrogen) atoms. The van der Waals surface area contributed by atoms with E-state index in [9.17, 15) is 17.8 Å². The molecule has 0 saturated heterocycles. The number of hydrogen-bond donors (Lipinski definition) is 1. The Morgan fingerprint density at radius 1 is 0.841 bits per heavy atom. The maximum atomic E-state index is 13.9. The van der Waals surface area contributed by atoms with Crippen LogP contribution < -0.4 is 0 Å². The molecule has 4 fully saturated rings. The first kappa shape index (κ1) is 28.0. The average molecular weight is 607 g/mol. The van der Waals surface area contributed by atoms with Crippen LogP contribution in [0.3, 0.4) is 0 Å². The first-order chi connectivity index (χ1) is 21.1. The topological polar surface area (TPSA) is 80.7 Å². The van der Waals surface area contributed by atoms with Crippen LogP contribution in [0.2, 0.25) is 0 Å². The first-order valence-corrected chi connectivity index (χ1v) is 17.4. The third kappa shape index (κ3) is 4.44. The molecule has 0 heterocycles. The van der Waals surface area contributed by atoms with E-state index in [2.05, 4.69) is 48.5 Å². The van der Waals surface area contributed by atoms with E-state index in [1.165, 1.54) is 34.2 Å². The Kier molecular flexibility index (Phi) is 6.38. The van der Waals surface area contributed by atoms with E-state index >= 15 is 0 Å². The Balaban J connectivity index is 1.09. The number of rotatable bonds is 6. The van der Waals surface area contributed by atoms with Gasteiger partial charge in [-0.2, -0.15) is 8.42 Å². The highest BCUT2D eigenvalue weighted by atomic mass is 32.2. The molecular weight excluding hydrogens is 568 g/mol. The summed E-state index contributed by atoms with van der Waals surface area (Å²) in [5, 5.41) is 1.48. The minimum atomic E-state index is -4.34. The monoisotopic (exact) mass is 606 g/mol. The maximum absolute atomic E-state index is 13.9. The highest BCUT2D eigenvalue weighted by molar-refractivity contribution is 7.86. The summed E-state index contributed by atoms with van der Waals surface area (Å²) < 4.78 is 40.7. The molecule has 0 aromatic heterocycles. The van der Waals surface area contributed by atoms with Gasteiger partial charge in [-0.25, -0.2) is 0 Å². The molecule has 0 radical (unpaired) electrons. The minimum absolute atomic E-state index is 0.0287. The molecule has 0 spiro atoms. The van der Waals surface area contributed by atoms with Crippen LogP contribution in [0.25, 0.3) is 10.8 Å². The SMILES string of the molecule is CC(C(=O)OCC12CC3CC(C1)CC(c1ccc(S(=O)(=O)O)c4ccccc14)(C3)C2)C1c2ccccc2Cc2ccccc21. The normalized spacial score (nSPS) is 28.0. The second-order valence-electron chi connectivity index (χ2n) is 14.3. The van der Waals surface area contributed by atoms with Gasteiger partial charge in [0.1, 0.15) is 4.90 Å². The zero-order chi connectivity index (χ0) is 30.3. The molecule has 3 unspecified atom stereocenters. The molecule has 4 aromatic carbocycles. The number of hydrogen-bond acceptors (Lipinski definition) is 4. The lowest BCUT2D eigenvalue weighted by molar-refractivity contribution is -0.161. The second kappa shape index (κ2) is 10.0. The van der Waals surface area contributed by atoms with Crippen LogP contribution >= 0.6 is 0 Å². The minimum Gasteiger partial charge on any atom is -0.465 e. The van der Waals surface area contributed by atoms with Gasteiger partial charge in [-0.15, -0.1) is 0 Å². The van der Waals surface area contributed by atoms with E-state index in [-0.39, 0.29) is 33.5 Å². The summed E-state index contributed by atoms with van der Waals surface area (Å²) in [6.45, 7) is 2.46. The summed E-state index contributed by atoms with van der Waals surface area (Å²) in [4.78, 5) is 13.9. The van der Waals surface area contributed by atoms with Gasteiger partial charge in [0.2, 0.25) is 0 Å². The smallest absolute Gasteiger partial charge is 0.309 e. The van der Waals surface area contributed by atoms with Gasteiger partial charge in [-0.1, -0.05) is 85.8 Å². The van der Waals surface area contributed by atoms with E-state index in [0.717, 1.165) is 43.9 Å². The predicted octanol–water partition coefficient (Wildman–Crippen LogP) is 7.84. The lowest BCUT2D eigenvalue weighted by Gasteiger charge is -2.62. The van der Waals surface area contributed by atoms with Crippen molar-refractivity contribution < 1.29 is 22.5 Å². The molecule has 226 valence electrons. The Morgan fingerprint density at radius 2 is 1.43 bits per heavy atom. The summed E-state index contributed by atoms with van der Waals surface area (Å²) in [6.07, 6.45) is 7.31. The predicted molar refractivity (Wildman–Crippen MR) is 170 cm³/mol. The average Bonchev–Trinajstić information content (AvgIpc) is 3.00. The zero-order valence-electron chi connectivity index (χ0n) is 25.0. The quantitative estimate of drug-likeness (QED) is 0.179. The number of carbonyl (C=O) groups excluding carboxylic acids is 1. The van der Waals surface area contributed by atoms with Crippen LogP contribution in [-0.2, 0) is 31.5 Å². The Bertz CT molecular complexity index is 1850. The van der Waals surface area contributed by atoms with Crippen molar-refractivity contribution in [2.45, 2.75) is 68.1 Å². The molecule has 5 nitrogen and oxygen atoms in total. The third-order valence-corrected chi connectivity index (χ3v) is 12.4. The Hall–Kier alpha value is -3.48. The number of benzene rings is 4. The van der Waals surface area contributed by atoms with Crippen LogP contribution in [0, 0.1) is 23.2 Å². The molecule has 0 amide bonds. The fourth-order valence-electron chi connectivity index (χ4n) is 10.3. The maximum Gasteiger partial charge on any atom is 0.309 e. The van der Waals surface area contributed by atoms with Crippen molar-refractivity contribution in [2.75, 3.05) is 6.61 Å². The number of carbonyl (C=O) groups is 1. The van der Waals surface area contributed by atoms with E-state index in [1.54, 1.807) is 12.1 Å². The van der Waals surface area contributed by atoms with Crippen LogP contribution in [0.15, 0.2) is 89.8 Å². The van der Waals surface area contributed by atoms with Crippen LogP contribution in [-0.4, -0.2) is 25.5 Å². The zero-order valence-corrected chi connectivity index (χ0v) is 25.9. The van der Waals surface area contributed by atoms with Gasteiger partial charge in [0.15, 0.2) is 0 Å². The van der Waals surface area contributed by atoms with Crippen LogP contribution in [0.1, 0.15) is 79.2 Å². The Morgan fingerprint density at radius 3 is 2.07 bits per heavy atom. The Labute approximate surface area is 259 Å². The molecule has 5 aliphatic rings. The lowest BCUT2D eigenvalue weighted by Crippen LogP contribution is -2.55. The van der Waals surface area contributed by atoms with Crippen molar-refractivity contribution in [3.05, 3.63) is 113 Å². The van der Waals surface area contributed by atoms with Crippen LogP contribution in [0.4, 0.5) is 0 Å². The van der Waals surface area contributed by atoms with Gasteiger partial charge >= 0.3 is 5.97 Å². The molecule has 4 bridgehead atoms. The highest BCUT2D eigenvalue weighted by Crippen LogP contribution is 2.66. The third-order valence-electron chi connectivity index (χ3n) is 11.5. The molecule has 9 rings (SSSR count). The van der Waals surface area contributed by atoms with Crippen molar-refractivity contribution in [2.24, 2.45) is 23.2 Å². The standard InChI is InChI=1S/C38H38O5S/c1-24(35-29-10-4-2-8-27(29)17-28-9-3-5-11-30(28)35)36(39)43-23-37-18-25-16-26(19-37)21-38(20-25,22-37)33-14-15-34(44(40,41)42)32-13-7-6-12-31(32)33/h2-15,24-26,35H,16-23H2,1H3,(H,40,41,42). The molecule has 3 atom stereocenters. The van der Waals surface area contributed by atoms with Gasteiger partial charge < -0.3 is 4.74 Å². The number of ether oxygens (including phenoxy) is 1. The highest BCUT2D eigenvalue weighted by Gasteiger charge is 2.59. The summed E-state index contributed by atoms with van der Waals surface area (Å²) in [6, 6.07) is 28.1. The fourth-order valence-corrected chi connectivity index (χ4v) is 11.0. The first-order valence-electron chi connectivity index (χ1n) is 16.0. The van der Waals surface area contributed by atoms with Crippen molar-refractivity contribution >= 4 is 26.9 Å². The van der Waals surface area contributed by atoms with Crippen molar-refractivity contribution in [1.82, 2.24) is 0 Å².